The van der Waals surface area contributed by atoms with Crippen LogP contribution in [0.15, 0.2) is 42.5 Å². The van der Waals surface area contributed by atoms with E-state index in [0.717, 1.165) is 17.4 Å². The van der Waals surface area contributed by atoms with Crippen LogP contribution in [-0.2, 0) is 9.53 Å². The van der Waals surface area contributed by atoms with Gasteiger partial charge in [-0.05, 0) is 28.8 Å². The minimum Gasteiger partial charge on any atom is -0.372 e. The Balaban J connectivity index is 2.06. The van der Waals surface area contributed by atoms with Crippen LogP contribution in [0.3, 0.4) is 0 Å². The van der Waals surface area contributed by atoms with E-state index < -0.39 is 0 Å². The summed E-state index contributed by atoms with van der Waals surface area (Å²) in [4.78, 5) is 11.8. The molecule has 4 heteroatoms. The number of amides is 1. The van der Waals surface area contributed by atoms with Gasteiger partial charge in [0.15, 0.2) is 0 Å². The normalized spacial score (nSPS) is 12.3. The first kappa shape index (κ1) is 15.5. The van der Waals surface area contributed by atoms with Gasteiger partial charge in [-0.2, -0.15) is 0 Å². The van der Waals surface area contributed by atoms with Crippen molar-refractivity contribution in [2.45, 2.75) is 19.4 Å². The Labute approximate surface area is 125 Å². The van der Waals surface area contributed by atoms with Crippen molar-refractivity contribution in [1.82, 2.24) is 5.32 Å². The molecule has 1 atom stereocenters. The average Bonchev–Trinajstić information content (AvgIpc) is 2.52. The summed E-state index contributed by atoms with van der Waals surface area (Å²) in [6, 6.07) is 14.1. The zero-order valence-corrected chi connectivity index (χ0v) is 12.3. The smallest absolute Gasteiger partial charge is 0.246 e. The number of carbonyl (C=O) groups excluding carboxylic acids is 1. The molecule has 112 valence electrons. The number of carbonyl (C=O) groups is 1. The maximum atomic E-state index is 11.8. The zero-order chi connectivity index (χ0) is 15.1. The Morgan fingerprint density at radius 2 is 2.00 bits per heavy atom. The number of hydrogen-bond acceptors (Lipinski definition) is 3. The molecule has 0 aromatic heterocycles. The van der Waals surface area contributed by atoms with Crippen molar-refractivity contribution < 1.29 is 9.53 Å². The molecule has 0 saturated heterocycles. The molecule has 0 spiro atoms. The Bertz CT molecular complexity index is 598. The van der Waals surface area contributed by atoms with Crippen LogP contribution < -0.4 is 11.1 Å². The molecule has 0 heterocycles. The van der Waals surface area contributed by atoms with Gasteiger partial charge in [0.05, 0.1) is 6.04 Å². The lowest BCUT2D eigenvalue weighted by Gasteiger charge is -2.18. The minimum atomic E-state index is -0.188. The molecule has 4 nitrogen and oxygen atoms in total. The first-order chi connectivity index (χ1) is 10.2. The van der Waals surface area contributed by atoms with Crippen molar-refractivity contribution in [3.05, 3.63) is 48.0 Å². The standard InChI is InChI=1S/C17H22N2O2/c1-2-9-21-12-17(20)19-16(11-18)15-8-7-13-5-3-4-6-14(13)10-15/h3-8,10,16H,2,9,11-12,18H2,1H3,(H,19,20). The third-order valence-corrected chi connectivity index (χ3v) is 3.33. The number of nitrogens with one attached hydrogen (secondary N) is 1. The van der Waals surface area contributed by atoms with Gasteiger partial charge in [-0.1, -0.05) is 43.3 Å². The Morgan fingerprint density at radius 3 is 2.71 bits per heavy atom. The van der Waals surface area contributed by atoms with Gasteiger partial charge in [-0.15, -0.1) is 0 Å². The van der Waals surface area contributed by atoms with Crippen molar-refractivity contribution in [1.29, 1.82) is 0 Å². The van der Waals surface area contributed by atoms with Gasteiger partial charge in [0.1, 0.15) is 6.61 Å². The monoisotopic (exact) mass is 286 g/mol. The van der Waals surface area contributed by atoms with Gasteiger partial charge in [0.25, 0.3) is 0 Å². The topological polar surface area (TPSA) is 64.3 Å². The van der Waals surface area contributed by atoms with Crippen molar-refractivity contribution in [3.8, 4) is 0 Å². The van der Waals surface area contributed by atoms with Crippen LogP contribution in [-0.4, -0.2) is 25.7 Å². The molecule has 0 aliphatic carbocycles. The van der Waals surface area contributed by atoms with Crippen LogP contribution in [0.4, 0.5) is 0 Å². The fourth-order valence-electron chi connectivity index (χ4n) is 2.25. The molecule has 21 heavy (non-hydrogen) atoms. The molecule has 3 N–H and O–H groups in total. The maximum Gasteiger partial charge on any atom is 0.246 e. The maximum absolute atomic E-state index is 11.8. The Kier molecular flexibility index (Phi) is 5.72. The van der Waals surface area contributed by atoms with Crippen molar-refractivity contribution in [3.63, 3.8) is 0 Å². The van der Waals surface area contributed by atoms with E-state index in [2.05, 4.69) is 23.5 Å². The van der Waals surface area contributed by atoms with Crippen LogP contribution in [0.5, 0.6) is 0 Å². The van der Waals surface area contributed by atoms with Crippen LogP contribution in [0.25, 0.3) is 10.8 Å². The number of benzene rings is 2. The molecule has 0 saturated carbocycles. The molecule has 0 aliphatic rings. The third-order valence-electron chi connectivity index (χ3n) is 3.33. The van der Waals surface area contributed by atoms with Crippen LogP contribution >= 0.6 is 0 Å². The number of rotatable bonds is 7. The lowest BCUT2D eigenvalue weighted by Crippen LogP contribution is -2.35. The van der Waals surface area contributed by atoms with E-state index in [0.29, 0.717) is 13.2 Å². The van der Waals surface area contributed by atoms with E-state index >= 15 is 0 Å². The summed E-state index contributed by atoms with van der Waals surface area (Å²) in [6.45, 7) is 3.04. The largest absolute Gasteiger partial charge is 0.372 e. The molecule has 2 aromatic carbocycles. The summed E-state index contributed by atoms with van der Waals surface area (Å²) in [7, 11) is 0. The summed E-state index contributed by atoms with van der Waals surface area (Å²) >= 11 is 0. The number of nitrogens with two attached hydrogens (primary N) is 1. The lowest BCUT2D eigenvalue weighted by atomic mass is 10.0. The van der Waals surface area contributed by atoms with E-state index in [1.807, 2.05) is 31.2 Å². The van der Waals surface area contributed by atoms with Gasteiger partial charge in [0.2, 0.25) is 5.91 Å². The summed E-state index contributed by atoms with van der Waals surface area (Å²) in [6.07, 6.45) is 0.901. The highest BCUT2D eigenvalue weighted by Gasteiger charge is 2.13. The van der Waals surface area contributed by atoms with E-state index in [4.69, 9.17) is 10.5 Å². The zero-order valence-electron chi connectivity index (χ0n) is 12.3. The van der Waals surface area contributed by atoms with Crippen LogP contribution in [0.2, 0.25) is 0 Å². The summed E-state index contributed by atoms with van der Waals surface area (Å²) < 4.78 is 5.24. The number of fused-ring (bicyclic) bond motifs is 1. The van der Waals surface area contributed by atoms with Gasteiger partial charge in [-0.3, -0.25) is 4.79 Å². The summed E-state index contributed by atoms with van der Waals surface area (Å²) in [5, 5.41) is 5.24. The van der Waals surface area contributed by atoms with Crippen LogP contribution in [0.1, 0.15) is 24.9 Å². The number of hydrogen-bond donors (Lipinski definition) is 2. The molecule has 0 aliphatic heterocycles. The quantitative estimate of drug-likeness (QED) is 0.768. The van der Waals surface area contributed by atoms with Gasteiger partial charge >= 0.3 is 0 Å². The highest BCUT2D eigenvalue weighted by molar-refractivity contribution is 5.83. The molecule has 0 fully saturated rings. The van der Waals surface area contributed by atoms with Gasteiger partial charge in [0, 0.05) is 13.2 Å². The predicted molar refractivity (Wildman–Crippen MR) is 85.0 cm³/mol. The van der Waals surface area contributed by atoms with Gasteiger partial charge in [-0.25, -0.2) is 0 Å². The molecule has 1 unspecified atom stereocenters. The predicted octanol–water partition coefficient (Wildman–Crippen LogP) is 2.38. The second-order valence-electron chi connectivity index (χ2n) is 5.01. The average molecular weight is 286 g/mol. The molecule has 2 rings (SSSR count). The first-order valence-corrected chi connectivity index (χ1v) is 7.30. The molecule has 0 bridgehead atoms. The minimum absolute atomic E-state index is 0.0813. The van der Waals surface area contributed by atoms with Crippen LogP contribution in [0, 0.1) is 0 Å². The molecule has 0 radical (unpaired) electrons. The molecular weight excluding hydrogens is 264 g/mol. The van der Waals surface area contributed by atoms with Crippen molar-refractivity contribution >= 4 is 16.7 Å². The Morgan fingerprint density at radius 1 is 1.24 bits per heavy atom. The fourth-order valence-corrected chi connectivity index (χ4v) is 2.25. The molecule has 1 amide bonds. The summed E-state index contributed by atoms with van der Waals surface area (Å²) in [5.74, 6) is -0.132. The first-order valence-electron chi connectivity index (χ1n) is 7.30. The van der Waals surface area contributed by atoms with E-state index in [1.165, 1.54) is 5.39 Å². The van der Waals surface area contributed by atoms with Crippen molar-refractivity contribution in [2.75, 3.05) is 19.8 Å². The number of ether oxygens (including phenoxy) is 1. The molecule has 2 aromatic rings. The van der Waals surface area contributed by atoms with E-state index in [-0.39, 0.29) is 18.6 Å². The summed E-state index contributed by atoms with van der Waals surface area (Å²) in [5.41, 5.74) is 6.81. The van der Waals surface area contributed by atoms with Crippen molar-refractivity contribution in [2.24, 2.45) is 5.73 Å². The molecular formula is C17H22N2O2. The third kappa shape index (κ3) is 4.28. The second kappa shape index (κ2) is 7.76. The fraction of sp³-hybridized carbons (Fsp3) is 0.353. The van der Waals surface area contributed by atoms with Gasteiger partial charge < -0.3 is 15.8 Å². The highest BCUT2D eigenvalue weighted by Crippen LogP contribution is 2.20. The second-order valence-corrected chi connectivity index (χ2v) is 5.01. The van der Waals surface area contributed by atoms with E-state index in [1.54, 1.807) is 0 Å². The highest BCUT2D eigenvalue weighted by atomic mass is 16.5. The Hall–Kier alpha value is -1.91. The lowest BCUT2D eigenvalue weighted by molar-refractivity contribution is -0.126. The van der Waals surface area contributed by atoms with E-state index in [9.17, 15) is 4.79 Å². The SMILES string of the molecule is CCCOCC(=O)NC(CN)c1ccc2ccccc2c1.